The van der Waals surface area contributed by atoms with E-state index in [2.05, 4.69) is 6.07 Å². The second-order valence-electron chi connectivity index (χ2n) is 10.4. The summed E-state index contributed by atoms with van der Waals surface area (Å²) in [6, 6.07) is 19.0. The molecule has 6 rings (SSSR count). The summed E-state index contributed by atoms with van der Waals surface area (Å²) in [5.74, 6) is -1.40. The molecule has 4 aromatic rings. The molecule has 2 aliphatic rings. The second-order valence-corrected chi connectivity index (χ2v) is 10.4. The number of nitrogens with zero attached hydrogens (tertiary/aromatic N) is 2. The van der Waals surface area contributed by atoms with Crippen molar-refractivity contribution in [3.63, 3.8) is 0 Å². The summed E-state index contributed by atoms with van der Waals surface area (Å²) in [5.41, 5.74) is 7.70. The maximum Gasteiger partial charge on any atom is 0.300 e. The molecule has 2 heterocycles. The maximum atomic E-state index is 13.7. The first-order valence-electron chi connectivity index (χ1n) is 12.9. The van der Waals surface area contributed by atoms with Crippen molar-refractivity contribution >= 4 is 34.0 Å². The summed E-state index contributed by atoms with van der Waals surface area (Å²) >= 11 is 0. The molecule has 0 saturated carbocycles. The molecule has 1 amide bonds. The van der Waals surface area contributed by atoms with Gasteiger partial charge in [-0.2, -0.15) is 0 Å². The zero-order chi connectivity index (χ0) is 25.8. The summed E-state index contributed by atoms with van der Waals surface area (Å²) in [4.78, 5) is 28.9. The van der Waals surface area contributed by atoms with Crippen LogP contribution >= 0.6 is 0 Å². The van der Waals surface area contributed by atoms with E-state index in [-0.39, 0.29) is 11.3 Å². The molecule has 5 nitrogen and oxygen atoms in total. The highest BCUT2D eigenvalue weighted by molar-refractivity contribution is 6.52. The first-order valence-corrected chi connectivity index (χ1v) is 12.9. The van der Waals surface area contributed by atoms with Gasteiger partial charge >= 0.3 is 0 Å². The first-order chi connectivity index (χ1) is 17.8. The van der Waals surface area contributed by atoms with Crippen molar-refractivity contribution in [2.24, 2.45) is 7.05 Å². The number of Topliss-reactive ketones (excluding diaryl/α,β-unsaturated/α-hetero) is 1. The van der Waals surface area contributed by atoms with Crippen molar-refractivity contribution in [3.8, 4) is 0 Å². The van der Waals surface area contributed by atoms with E-state index in [9.17, 15) is 14.7 Å². The third kappa shape index (κ3) is 3.77. The third-order valence-electron chi connectivity index (χ3n) is 7.77. The van der Waals surface area contributed by atoms with Gasteiger partial charge in [0.15, 0.2) is 0 Å². The van der Waals surface area contributed by atoms with Crippen LogP contribution in [0.1, 0.15) is 52.3 Å². The summed E-state index contributed by atoms with van der Waals surface area (Å²) in [7, 11) is 1.96. The molecule has 5 heteroatoms. The lowest BCUT2D eigenvalue weighted by molar-refractivity contribution is -0.132. The van der Waals surface area contributed by atoms with Crippen molar-refractivity contribution in [2.75, 3.05) is 4.90 Å². The van der Waals surface area contributed by atoms with Crippen LogP contribution < -0.4 is 4.90 Å². The van der Waals surface area contributed by atoms with Gasteiger partial charge < -0.3 is 9.67 Å². The highest BCUT2D eigenvalue weighted by Gasteiger charge is 2.48. The number of aliphatic hydroxyl groups is 1. The fourth-order valence-corrected chi connectivity index (χ4v) is 6.11. The van der Waals surface area contributed by atoms with Gasteiger partial charge in [0, 0.05) is 41.0 Å². The van der Waals surface area contributed by atoms with Crippen LogP contribution in [0.15, 0.2) is 72.4 Å². The molecule has 1 saturated heterocycles. The summed E-state index contributed by atoms with van der Waals surface area (Å²) in [6.45, 7) is 3.96. The Balaban J connectivity index is 1.61. The number of anilines is 1. The van der Waals surface area contributed by atoms with Gasteiger partial charge in [0.1, 0.15) is 5.76 Å². The predicted octanol–water partition coefficient (Wildman–Crippen LogP) is 6.30. The Morgan fingerprint density at radius 3 is 2.35 bits per heavy atom. The molecule has 1 aromatic heterocycles. The average molecular weight is 491 g/mol. The van der Waals surface area contributed by atoms with Crippen molar-refractivity contribution < 1.29 is 14.7 Å². The Bertz CT molecular complexity index is 1600. The molecule has 0 radical (unpaired) electrons. The van der Waals surface area contributed by atoms with E-state index in [0.717, 1.165) is 46.9 Å². The zero-order valence-corrected chi connectivity index (χ0v) is 21.4. The molecule has 1 unspecified atom stereocenters. The quantitative estimate of drug-likeness (QED) is 0.208. The lowest BCUT2D eigenvalue weighted by Gasteiger charge is -2.26. The maximum absolute atomic E-state index is 13.7. The van der Waals surface area contributed by atoms with E-state index in [4.69, 9.17) is 0 Å². The largest absolute Gasteiger partial charge is 0.507 e. The molecule has 186 valence electrons. The van der Waals surface area contributed by atoms with Crippen molar-refractivity contribution in [3.05, 3.63) is 106 Å². The van der Waals surface area contributed by atoms with Crippen LogP contribution in [0.2, 0.25) is 0 Å². The fourth-order valence-electron chi connectivity index (χ4n) is 6.11. The molecule has 3 aromatic carbocycles. The van der Waals surface area contributed by atoms with Crippen LogP contribution in [0.4, 0.5) is 5.69 Å². The third-order valence-corrected chi connectivity index (χ3v) is 7.77. The number of carbonyl (C=O) groups excluding carboxylic acids is 2. The van der Waals surface area contributed by atoms with Crippen LogP contribution in [0.25, 0.3) is 16.7 Å². The Kier molecular flexibility index (Phi) is 5.52. The minimum absolute atomic E-state index is 0.114. The zero-order valence-electron chi connectivity index (χ0n) is 21.4. The van der Waals surface area contributed by atoms with Crippen LogP contribution in [0.5, 0.6) is 0 Å². The molecule has 1 fully saturated rings. The Morgan fingerprint density at radius 1 is 0.892 bits per heavy atom. The number of aliphatic hydroxyl groups excluding tert-OH is 1. The lowest BCUT2D eigenvalue weighted by atomic mass is 9.88. The highest BCUT2D eigenvalue weighted by Crippen LogP contribution is 2.45. The summed E-state index contributed by atoms with van der Waals surface area (Å²) in [5, 5.41) is 12.6. The Morgan fingerprint density at radius 2 is 1.59 bits per heavy atom. The van der Waals surface area contributed by atoms with Crippen LogP contribution in [0.3, 0.4) is 0 Å². The standard InChI is InChI=1S/C32H30N2O3/c1-19-14-20(2)16-24(15-19)34-29(26-18-33(3)27-11-7-6-10-25(26)27)28(31(36)32(34)37)30(35)23-13-12-21-8-4-5-9-22(21)17-23/h6-7,10-18,29,35H,4-5,8-9H2,1-3H3/b30-28+. The van der Waals surface area contributed by atoms with Crippen molar-refractivity contribution in [1.29, 1.82) is 0 Å². The minimum Gasteiger partial charge on any atom is -0.507 e. The Labute approximate surface area is 216 Å². The normalized spacial score (nSPS) is 19.0. The van der Waals surface area contributed by atoms with Gasteiger partial charge in [-0.1, -0.05) is 36.4 Å². The molecule has 1 aliphatic carbocycles. The van der Waals surface area contributed by atoms with E-state index in [1.807, 2.05) is 86.3 Å². The van der Waals surface area contributed by atoms with E-state index in [0.29, 0.717) is 11.3 Å². The molecule has 1 aliphatic heterocycles. The van der Waals surface area contributed by atoms with E-state index in [1.54, 1.807) is 4.90 Å². The number of ketones is 1. The molecule has 1 N–H and O–H groups in total. The van der Waals surface area contributed by atoms with Crippen molar-refractivity contribution in [1.82, 2.24) is 4.57 Å². The molecule has 1 atom stereocenters. The predicted molar refractivity (Wildman–Crippen MR) is 147 cm³/mol. The highest BCUT2D eigenvalue weighted by atomic mass is 16.3. The Hall–Kier alpha value is -4.12. The number of aryl methyl sites for hydroxylation is 5. The van der Waals surface area contributed by atoms with Gasteiger partial charge in [0.2, 0.25) is 0 Å². The van der Waals surface area contributed by atoms with Crippen molar-refractivity contribution in [2.45, 2.75) is 45.6 Å². The SMILES string of the molecule is Cc1cc(C)cc(N2C(=O)C(=O)/C(=C(/O)c3ccc4c(c3)CCCC4)C2c2cn(C)c3ccccc23)c1. The van der Waals surface area contributed by atoms with Gasteiger partial charge in [0.05, 0.1) is 11.6 Å². The van der Waals surface area contributed by atoms with Crippen LogP contribution in [-0.2, 0) is 29.5 Å². The molecule has 0 bridgehead atoms. The van der Waals surface area contributed by atoms with E-state index >= 15 is 0 Å². The number of fused-ring (bicyclic) bond motifs is 2. The monoisotopic (exact) mass is 490 g/mol. The first kappa shape index (κ1) is 23.3. The minimum atomic E-state index is -0.747. The smallest absolute Gasteiger partial charge is 0.300 e. The van der Waals surface area contributed by atoms with Gasteiger partial charge in [-0.3, -0.25) is 14.5 Å². The van der Waals surface area contributed by atoms with Gasteiger partial charge in [0.25, 0.3) is 11.7 Å². The van der Waals surface area contributed by atoms with Crippen LogP contribution in [-0.4, -0.2) is 21.4 Å². The number of benzene rings is 3. The topological polar surface area (TPSA) is 62.5 Å². The number of aromatic nitrogens is 1. The van der Waals surface area contributed by atoms with Crippen LogP contribution in [0, 0.1) is 13.8 Å². The lowest BCUT2D eigenvalue weighted by Crippen LogP contribution is -2.29. The average Bonchev–Trinajstić information content (AvgIpc) is 3.36. The number of para-hydroxylation sites is 1. The number of hydrogen-bond acceptors (Lipinski definition) is 3. The summed E-state index contributed by atoms with van der Waals surface area (Å²) in [6.07, 6.45) is 6.24. The van der Waals surface area contributed by atoms with E-state index < -0.39 is 17.7 Å². The van der Waals surface area contributed by atoms with Gasteiger partial charge in [-0.05, 0) is 86.1 Å². The van der Waals surface area contributed by atoms with Gasteiger partial charge in [-0.25, -0.2) is 0 Å². The molecular formula is C32H30N2O3. The molecule has 0 spiro atoms. The van der Waals surface area contributed by atoms with E-state index in [1.165, 1.54) is 17.5 Å². The molecular weight excluding hydrogens is 460 g/mol. The molecule has 37 heavy (non-hydrogen) atoms. The number of hydrogen-bond donors (Lipinski definition) is 1. The van der Waals surface area contributed by atoms with Gasteiger partial charge in [-0.15, -0.1) is 0 Å². The number of rotatable bonds is 3. The summed E-state index contributed by atoms with van der Waals surface area (Å²) < 4.78 is 2.01. The number of carbonyl (C=O) groups is 2. The number of amides is 1. The fraction of sp³-hybridized carbons (Fsp3) is 0.250. The second kappa shape index (κ2) is 8.77.